The predicted molar refractivity (Wildman–Crippen MR) is 53.6 cm³/mol. The maximum absolute atomic E-state index is 10.7. The number of hydrogen-bond acceptors (Lipinski definition) is 4. The first-order valence-electron chi connectivity index (χ1n) is 3.04. The van der Waals surface area contributed by atoms with Gasteiger partial charge in [-0.3, -0.25) is 4.55 Å². The van der Waals surface area contributed by atoms with Crippen LogP contribution in [0.5, 0.6) is 0 Å². The number of nitrogens with two attached hydrogens (primary N) is 2. The summed E-state index contributed by atoms with van der Waals surface area (Å²) in [4.78, 5) is -0.426. The molecule has 0 atom stereocenters. The van der Waals surface area contributed by atoms with Crippen molar-refractivity contribution in [3.63, 3.8) is 0 Å². The van der Waals surface area contributed by atoms with Gasteiger partial charge in [-0.05, 0) is 12.1 Å². The summed E-state index contributed by atoms with van der Waals surface area (Å²) in [5, 5.41) is 0. The molecule has 0 aliphatic rings. The van der Waals surface area contributed by atoms with E-state index in [2.05, 4.69) is 0 Å². The van der Waals surface area contributed by atoms with Crippen molar-refractivity contribution in [1.82, 2.24) is 0 Å². The van der Waals surface area contributed by atoms with E-state index in [9.17, 15) is 8.42 Å². The number of rotatable bonds is 1. The van der Waals surface area contributed by atoms with Gasteiger partial charge in [0.25, 0.3) is 10.1 Å². The molecule has 0 aliphatic carbocycles. The van der Waals surface area contributed by atoms with Gasteiger partial charge in [0.2, 0.25) is 0 Å². The van der Waals surface area contributed by atoms with Crippen molar-refractivity contribution < 1.29 is 13.0 Å². The molecular weight excluding hydrogens is 220 g/mol. The Bertz CT molecular complexity index is 384. The molecule has 13 heavy (non-hydrogen) atoms. The van der Waals surface area contributed by atoms with Crippen molar-refractivity contribution >= 4 is 59.2 Å². The molecule has 0 aromatic heterocycles. The van der Waals surface area contributed by atoms with Crippen LogP contribution in [0.2, 0.25) is 0 Å². The van der Waals surface area contributed by atoms with Crippen LogP contribution in [0.3, 0.4) is 0 Å². The fraction of sp³-hybridized carbons (Fsp3) is 0. The summed E-state index contributed by atoms with van der Waals surface area (Å²) in [6.45, 7) is 0. The number of nitrogen functional groups attached to an aromatic ring is 2. The van der Waals surface area contributed by atoms with Gasteiger partial charge in [0, 0.05) is 0 Å². The Labute approximate surface area is 106 Å². The van der Waals surface area contributed by atoms with Crippen LogP contribution in [-0.2, 0) is 10.1 Å². The van der Waals surface area contributed by atoms with Crippen LogP contribution >= 0.6 is 0 Å². The van der Waals surface area contributed by atoms with Gasteiger partial charge in [-0.1, -0.05) is 6.07 Å². The molecule has 0 saturated heterocycles. The molecule has 0 unspecified atom stereocenters. The molecule has 0 bridgehead atoms. The monoisotopic (exact) mass is 230 g/mol. The Morgan fingerprint density at radius 3 is 1.77 bits per heavy atom. The van der Waals surface area contributed by atoms with Crippen molar-refractivity contribution in [1.29, 1.82) is 0 Å². The Morgan fingerprint density at radius 1 is 1.15 bits per heavy atom. The molecule has 5 N–H and O–H groups in total. The van der Waals surface area contributed by atoms with Gasteiger partial charge in [0.05, 0.1) is 11.4 Å². The van der Waals surface area contributed by atoms with Gasteiger partial charge in [0.1, 0.15) is 4.90 Å². The molecule has 0 heterocycles. The molecular formula is C6H10CaN2O3S. The van der Waals surface area contributed by atoms with Crippen molar-refractivity contribution in [2.75, 3.05) is 11.5 Å². The summed E-state index contributed by atoms with van der Waals surface area (Å²) in [7, 11) is -4.31. The van der Waals surface area contributed by atoms with E-state index >= 15 is 0 Å². The van der Waals surface area contributed by atoms with Crippen molar-refractivity contribution in [3.8, 4) is 0 Å². The van der Waals surface area contributed by atoms with E-state index in [0.29, 0.717) is 0 Å². The van der Waals surface area contributed by atoms with Crippen molar-refractivity contribution in [3.05, 3.63) is 18.2 Å². The van der Waals surface area contributed by atoms with Crippen molar-refractivity contribution in [2.45, 2.75) is 4.90 Å². The zero-order chi connectivity index (χ0) is 9.35. The molecule has 5 nitrogen and oxygen atoms in total. The molecule has 0 saturated carbocycles. The molecule has 0 radical (unpaired) electrons. The Balaban J connectivity index is 0.00000144. The summed E-state index contributed by atoms with van der Waals surface area (Å²) in [5.74, 6) is 0. The standard InChI is InChI=1S/C6H8N2O3S.Ca.2H/c7-4-2-1-3-5(8)6(4)12(9,10)11;;;/h1-3H,7-8H2,(H,9,10,11);;;. The third kappa shape index (κ3) is 2.99. The zero-order valence-corrected chi connectivity index (χ0v) is 6.88. The van der Waals surface area contributed by atoms with E-state index in [1.807, 2.05) is 0 Å². The fourth-order valence-corrected chi connectivity index (χ4v) is 1.60. The summed E-state index contributed by atoms with van der Waals surface area (Å²) >= 11 is 0. The molecule has 0 spiro atoms. The van der Waals surface area contributed by atoms with Gasteiger partial charge in [-0.25, -0.2) is 0 Å². The van der Waals surface area contributed by atoms with Crippen LogP contribution in [0.1, 0.15) is 0 Å². The Hall–Kier alpha value is -0.0103. The quantitative estimate of drug-likeness (QED) is 0.332. The molecule has 1 rings (SSSR count). The average Bonchev–Trinajstić information content (AvgIpc) is 1.82. The van der Waals surface area contributed by atoms with E-state index in [-0.39, 0.29) is 49.1 Å². The molecule has 0 aliphatic heterocycles. The normalized spacial score (nSPS) is 10.5. The summed E-state index contributed by atoms with van der Waals surface area (Å²) in [5.41, 5.74) is 10.5. The zero-order valence-electron chi connectivity index (χ0n) is 6.06. The average molecular weight is 230 g/mol. The van der Waals surface area contributed by atoms with Crippen LogP contribution < -0.4 is 11.5 Å². The summed E-state index contributed by atoms with van der Waals surface area (Å²) < 4.78 is 30.0. The van der Waals surface area contributed by atoms with Gasteiger partial charge >= 0.3 is 37.7 Å². The second-order valence-corrected chi connectivity index (χ2v) is 3.60. The van der Waals surface area contributed by atoms with Crippen molar-refractivity contribution in [2.24, 2.45) is 0 Å². The predicted octanol–water partition coefficient (Wildman–Crippen LogP) is -0.819. The third-order valence-electron chi connectivity index (χ3n) is 1.33. The van der Waals surface area contributed by atoms with Crippen LogP contribution in [0.25, 0.3) is 0 Å². The van der Waals surface area contributed by atoms with E-state index in [1.54, 1.807) is 0 Å². The molecule has 0 amide bonds. The second kappa shape index (κ2) is 4.47. The van der Waals surface area contributed by atoms with Crippen LogP contribution in [-0.4, -0.2) is 50.7 Å². The third-order valence-corrected chi connectivity index (χ3v) is 2.32. The number of hydrogen-bond donors (Lipinski definition) is 3. The second-order valence-electron chi connectivity index (χ2n) is 2.24. The topological polar surface area (TPSA) is 106 Å². The van der Waals surface area contributed by atoms with Gasteiger partial charge in [-0.15, -0.1) is 0 Å². The molecule has 7 heteroatoms. The first-order chi connectivity index (χ1) is 5.43. The summed E-state index contributed by atoms with van der Waals surface area (Å²) in [6, 6.07) is 4.19. The maximum atomic E-state index is 10.7. The van der Waals surface area contributed by atoms with Gasteiger partial charge in [-0.2, -0.15) is 8.42 Å². The molecule has 1 aromatic carbocycles. The van der Waals surface area contributed by atoms with Gasteiger partial charge < -0.3 is 11.5 Å². The van der Waals surface area contributed by atoms with E-state index in [4.69, 9.17) is 16.0 Å². The fourth-order valence-electron chi connectivity index (χ4n) is 0.871. The first kappa shape index (κ1) is 13.0. The Kier molecular flexibility index (Phi) is 4.47. The summed E-state index contributed by atoms with van der Waals surface area (Å²) in [6.07, 6.45) is 0. The van der Waals surface area contributed by atoms with Crippen LogP contribution in [0.4, 0.5) is 11.4 Å². The SMILES string of the molecule is Nc1cccc(N)c1S(=O)(=O)O.[CaH2]. The molecule has 0 fully saturated rings. The van der Waals surface area contributed by atoms with Gasteiger partial charge in [0.15, 0.2) is 0 Å². The van der Waals surface area contributed by atoms with E-state index in [1.165, 1.54) is 18.2 Å². The first-order valence-corrected chi connectivity index (χ1v) is 4.48. The van der Waals surface area contributed by atoms with Crippen LogP contribution in [0, 0.1) is 0 Å². The minimum absolute atomic E-state index is 0. The molecule has 70 valence electrons. The number of anilines is 2. The van der Waals surface area contributed by atoms with E-state index < -0.39 is 15.0 Å². The number of benzene rings is 1. The van der Waals surface area contributed by atoms with E-state index in [0.717, 1.165) is 0 Å². The Morgan fingerprint density at radius 2 is 1.54 bits per heavy atom. The molecule has 1 aromatic rings. The van der Waals surface area contributed by atoms with Crippen LogP contribution in [0.15, 0.2) is 23.1 Å². The minimum atomic E-state index is -4.31.